The number of nitro benzene ring substituents is 1. The van der Waals surface area contributed by atoms with Crippen molar-refractivity contribution in [2.24, 2.45) is 0 Å². The molecule has 0 radical (unpaired) electrons. The molecule has 8 nitrogen and oxygen atoms in total. The third-order valence-electron chi connectivity index (χ3n) is 3.03. The summed E-state index contributed by atoms with van der Waals surface area (Å²) in [6.45, 7) is 4.01. The van der Waals surface area contributed by atoms with E-state index in [-0.39, 0.29) is 5.91 Å². The molecule has 1 amide bonds. The van der Waals surface area contributed by atoms with Crippen LogP contribution in [0.1, 0.15) is 24.2 Å². The molecule has 0 saturated carbocycles. The SMILES string of the molecule is CCN(C)C(=O)C(C)Nc1ccc([N+](=O)[O-])c(C(=O)O)c1. The van der Waals surface area contributed by atoms with Gasteiger partial charge >= 0.3 is 5.97 Å². The summed E-state index contributed by atoms with van der Waals surface area (Å²) in [6, 6.07) is 3.06. The number of hydrogen-bond acceptors (Lipinski definition) is 5. The van der Waals surface area contributed by atoms with Gasteiger partial charge in [-0.1, -0.05) is 0 Å². The molecule has 1 aromatic rings. The van der Waals surface area contributed by atoms with Crippen molar-refractivity contribution >= 4 is 23.3 Å². The van der Waals surface area contributed by atoms with E-state index in [0.717, 1.165) is 12.1 Å². The number of benzene rings is 1. The van der Waals surface area contributed by atoms with Crippen molar-refractivity contribution in [2.75, 3.05) is 18.9 Å². The molecule has 0 aliphatic heterocycles. The second kappa shape index (κ2) is 6.69. The van der Waals surface area contributed by atoms with Gasteiger partial charge in [-0.25, -0.2) is 4.79 Å². The Morgan fingerprint density at radius 2 is 2.10 bits per heavy atom. The van der Waals surface area contributed by atoms with E-state index in [1.54, 1.807) is 14.0 Å². The van der Waals surface area contributed by atoms with E-state index in [1.807, 2.05) is 6.92 Å². The molecule has 0 bridgehead atoms. The molecule has 0 aliphatic rings. The Kier molecular flexibility index (Phi) is 5.23. The molecule has 1 unspecified atom stereocenters. The van der Waals surface area contributed by atoms with E-state index in [2.05, 4.69) is 5.32 Å². The first-order valence-corrected chi connectivity index (χ1v) is 6.31. The molecule has 1 atom stereocenters. The number of amides is 1. The van der Waals surface area contributed by atoms with Crippen molar-refractivity contribution in [1.82, 2.24) is 4.90 Å². The van der Waals surface area contributed by atoms with Gasteiger partial charge in [-0.05, 0) is 26.0 Å². The maximum absolute atomic E-state index is 11.9. The van der Waals surface area contributed by atoms with Gasteiger partial charge in [0.15, 0.2) is 0 Å². The van der Waals surface area contributed by atoms with Crippen LogP contribution >= 0.6 is 0 Å². The van der Waals surface area contributed by atoms with Gasteiger partial charge in [-0.3, -0.25) is 14.9 Å². The maximum atomic E-state index is 11.9. The fraction of sp³-hybridized carbons (Fsp3) is 0.385. The van der Waals surface area contributed by atoms with Gasteiger partial charge in [0.25, 0.3) is 5.69 Å². The van der Waals surface area contributed by atoms with Crippen LogP contribution in [0.5, 0.6) is 0 Å². The molecule has 0 fully saturated rings. The van der Waals surface area contributed by atoms with Gasteiger partial charge in [0.1, 0.15) is 11.6 Å². The van der Waals surface area contributed by atoms with Crippen molar-refractivity contribution in [3.8, 4) is 0 Å². The monoisotopic (exact) mass is 295 g/mol. The number of nitro groups is 1. The molecule has 1 aromatic carbocycles. The summed E-state index contributed by atoms with van der Waals surface area (Å²) in [5.74, 6) is -1.55. The lowest BCUT2D eigenvalue weighted by Crippen LogP contribution is -2.38. The van der Waals surface area contributed by atoms with E-state index in [9.17, 15) is 19.7 Å². The Morgan fingerprint density at radius 3 is 2.57 bits per heavy atom. The second-order valence-corrected chi connectivity index (χ2v) is 4.51. The molecule has 1 rings (SSSR count). The molecule has 0 saturated heterocycles. The highest BCUT2D eigenvalue weighted by molar-refractivity contribution is 5.94. The number of carboxylic acids is 1. The summed E-state index contributed by atoms with van der Waals surface area (Å²) in [5, 5.41) is 22.6. The summed E-state index contributed by atoms with van der Waals surface area (Å²) in [4.78, 5) is 34.5. The topological polar surface area (TPSA) is 113 Å². The minimum Gasteiger partial charge on any atom is -0.477 e. The Labute approximate surface area is 121 Å². The molecule has 114 valence electrons. The Balaban J connectivity index is 3.00. The molecule has 0 spiro atoms. The first-order chi connectivity index (χ1) is 9.77. The Morgan fingerprint density at radius 1 is 1.48 bits per heavy atom. The van der Waals surface area contributed by atoms with Crippen LogP contribution in [-0.2, 0) is 4.79 Å². The molecule has 2 N–H and O–H groups in total. The highest BCUT2D eigenvalue weighted by atomic mass is 16.6. The van der Waals surface area contributed by atoms with Gasteiger partial charge in [0.05, 0.1) is 4.92 Å². The van der Waals surface area contributed by atoms with Crippen molar-refractivity contribution < 1.29 is 19.6 Å². The number of nitrogens with zero attached hydrogens (tertiary/aromatic N) is 2. The smallest absolute Gasteiger partial charge is 0.342 e. The lowest BCUT2D eigenvalue weighted by Gasteiger charge is -2.21. The summed E-state index contributed by atoms with van der Waals surface area (Å²) in [7, 11) is 1.65. The van der Waals surface area contributed by atoms with Crippen LogP contribution in [0.25, 0.3) is 0 Å². The first kappa shape index (κ1) is 16.4. The Bertz CT molecular complexity index is 573. The fourth-order valence-electron chi connectivity index (χ4n) is 1.75. The van der Waals surface area contributed by atoms with E-state index in [1.165, 1.54) is 11.0 Å². The van der Waals surface area contributed by atoms with Gasteiger partial charge in [0.2, 0.25) is 5.91 Å². The number of carbonyl (C=O) groups is 2. The lowest BCUT2D eigenvalue weighted by molar-refractivity contribution is -0.385. The number of anilines is 1. The van der Waals surface area contributed by atoms with Crippen LogP contribution in [0.4, 0.5) is 11.4 Å². The van der Waals surface area contributed by atoms with Gasteiger partial charge in [0, 0.05) is 25.3 Å². The quantitative estimate of drug-likeness (QED) is 0.608. The predicted molar refractivity (Wildman–Crippen MR) is 76.5 cm³/mol. The predicted octanol–water partition coefficient (Wildman–Crippen LogP) is 1.57. The average Bonchev–Trinajstić information content (AvgIpc) is 2.44. The number of likely N-dealkylation sites (N-methyl/N-ethyl adjacent to an activating group) is 1. The van der Waals surface area contributed by atoms with E-state index < -0.39 is 28.2 Å². The van der Waals surface area contributed by atoms with Crippen molar-refractivity contribution in [2.45, 2.75) is 19.9 Å². The third kappa shape index (κ3) is 3.91. The van der Waals surface area contributed by atoms with Gasteiger partial charge in [-0.2, -0.15) is 0 Å². The highest BCUT2D eigenvalue weighted by Gasteiger charge is 2.22. The minimum absolute atomic E-state index is 0.160. The van der Waals surface area contributed by atoms with E-state index in [0.29, 0.717) is 12.2 Å². The zero-order valence-electron chi connectivity index (χ0n) is 12.0. The number of aromatic carboxylic acids is 1. The van der Waals surface area contributed by atoms with Crippen molar-refractivity contribution in [3.05, 3.63) is 33.9 Å². The summed E-state index contributed by atoms with van der Waals surface area (Å²) in [6.07, 6.45) is 0. The van der Waals surface area contributed by atoms with Crippen LogP contribution in [-0.4, -0.2) is 46.4 Å². The fourth-order valence-corrected chi connectivity index (χ4v) is 1.75. The van der Waals surface area contributed by atoms with Crippen LogP contribution in [0.2, 0.25) is 0 Å². The number of nitrogens with one attached hydrogen (secondary N) is 1. The second-order valence-electron chi connectivity index (χ2n) is 4.51. The zero-order valence-corrected chi connectivity index (χ0v) is 12.0. The summed E-state index contributed by atoms with van der Waals surface area (Å²) < 4.78 is 0. The molecular weight excluding hydrogens is 278 g/mol. The molecule has 8 heteroatoms. The molecular formula is C13H17N3O5. The number of carbonyl (C=O) groups excluding carboxylic acids is 1. The largest absolute Gasteiger partial charge is 0.477 e. The van der Waals surface area contributed by atoms with Gasteiger partial charge in [-0.15, -0.1) is 0 Å². The van der Waals surface area contributed by atoms with Crippen LogP contribution < -0.4 is 5.32 Å². The van der Waals surface area contributed by atoms with Crippen LogP contribution in [0.15, 0.2) is 18.2 Å². The van der Waals surface area contributed by atoms with E-state index in [4.69, 9.17) is 5.11 Å². The van der Waals surface area contributed by atoms with Crippen LogP contribution in [0.3, 0.4) is 0 Å². The number of hydrogen-bond donors (Lipinski definition) is 2. The first-order valence-electron chi connectivity index (χ1n) is 6.31. The van der Waals surface area contributed by atoms with Gasteiger partial charge < -0.3 is 15.3 Å². The summed E-state index contributed by atoms with van der Waals surface area (Å²) >= 11 is 0. The minimum atomic E-state index is -1.39. The average molecular weight is 295 g/mol. The lowest BCUT2D eigenvalue weighted by atomic mass is 10.1. The molecule has 21 heavy (non-hydrogen) atoms. The molecule has 0 heterocycles. The number of carboxylic acid groups (broad SMARTS) is 1. The van der Waals surface area contributed by atoms with Crippen LogP contribution in [0, 0.1) is 10.1 Å². The standard InChI is InChI=1S/C13H17N3O5/c1-4-15(3)12(17)8(2)14-9-5-6-11(16(20)21)10(7-9)13(18)19/h5-8,14H,4H2,1-3H3,(H,18,19). The molecule has 0 aliphatic carbocycles. The highest BCUT2D eigenvalue weighted by Crippen LogP contribution is 2.23. The third-order valence-corrected chi connectivity index (χ3v) is 3.03. The Hall–Kier alpha value is -2.64. The maximum Gasteiger partial charge on any atom is 0.342 e. The van der Waals surface area contributed by atoms with E-state index >= 15 is 0 Å². The summed E-state index contributed by atoms with van der Waals surface area (Å²) in [5.41, 5.74) is -0.574. The van der Waals surface area contributed by atoms with Crippen molar-refractivity contribution in [1.29, 1.82) is 0 Å². The van der Waals surface area contributed by atoms with Crippen molar-refractivity contribution in [3.63, 3.8) is 0 Å². The zero-order chi connectivity index (χ0) is 16.2. The number of rotatable bonds is 6. The molecule has 0 aromatic heterocycles. The normalized spacial score (nSPS) is 11.6.